The predicted octanol–water partition coefficient (Wildman–Crippen LogP) is -0.421. The van der Waals surface area contributed by atoms with E-state index in [-0.39, 0.29) is 24.0 Å². The van der Waals surface area contributed by atoms with Gasteiger partial charge in [-0.15, -0.1) is 0 Å². The highest BCUT2D eigenvalue weighted by molar-refractivity contribution is 5.84. The Bertz CT molecular complexity index is 284. The summed E-state index contributed by atoms with van der Waals surface area (Å²) in [7, 11) is 0. The Balaban J connectivity index is 1.60. The second-order valence-electron chi connectivity index (χ2n) is 5.31. The molecule has 84 valence electrons. The van der Waals surface area contributed by atoms with E-state index in [2.05, 4.69) is 10.2 Å². The van der Waals surface area contributed by atoms with Crippen LogP contribution < -0.4 is 5.32 Å². The van der Waals surface area contributed by atoms with Gasteiger partial charge in [-0.05, 0) is 32.4 Å². The zero-order valence-electron chi connectivity index (χ0n) is 8.91. The maximum absolute atomic E-state index is 12.1. The van der Waals surface area contributed by atoms with Crippen LogP contribution in [0.4, 0.5) is 0 Å². The molecular weight excluding hydrogens is 192 g/mol. The highest BCUT2D eigenvalue weighted by Gasteiger charge is 2.51. The molecule has 3 aliphatic rings. The maximum Gasteiger partial charge on any atom is 0.227 e. The summed E-state index contributed by atoms with van der Waals surface area (Å²) in [5.74, 6) is 0.563. The zero-order chi connectivity index (χ0) is 10.5. The molecule has 0 aromatic carbocycles. The van der Waals surface area contributed by atoms with E-state index in [1.165, 1.54) is 0 Å². The van der Waals surface area contributed by atoms with E-state index in [0.717, 1.165) is 38.9 Å². The Labute approximate surface area is 89.6 Å². The van der Waals surface area contributed by atoms with Crippen molar-refractivity contribution < 1.29 is 9.90 Å². The molecule has 15 heavy (non-hydrogen) atoms. The second-order valence-corrected chi connectivity index (χ2v) is 5.31. The van der Waals surface area contributed by atoms with Crippen molar-refractivity contribution in [1.29, 1.82) is 0 Å². The summed E-state index contributed by atoms with van der Waals surface area (Å²) >= 11 is 0. The summed E-state index contributed by atoms with van der Waals surface area (Å²) in [5, 5.41) is 12.0. The van der Waals surface area contributed by atoms with Crippen LogP contribution in [0.2, 0.25) is 0 Å². The average Bonchev–Trinajstić information content (AvgIpc) is 2.73. The summed E-state index contributed by atoms with van der Waals surface area (Å²) in [5.41, 5.74) is -0.0808. The van der Waals surface area contributed by atoms with E-state index in [9.17, 15) is 4.79 Å². The van der Waals surface area contributed by atoms with E-state index >= 15 is 0 Å². The Kier molecular flexibility index (Phi) is 2.04. The molecule has 2 saturated heterocycles. The van der Waals surface area contributed by atoms with Crippen molar-refractivity contribution in [3.63, 3.8) is 0 Å². The number of rotatable bonds is 3. The van der Waals surface area contributed by atoms with Gasteiger partial charge in [0.15, 0.2) is 0 Å². The minimum absolute atomic E-state index is 0.0808. The third-order valence-corrected chi connectivity index (χ3v) is 4.29. The first-order valence-electron chi connectivity index (χ1n) is 5.88. The lowest BCUT2D eigenvalue weighted by Crippen LogP contribution is -2.42. The van der Waals surface area contributed by atoms with E-state index in [1.807, 2.05) is 0 Å². The van der Waals surface area contributed by atoms with Crippen LogP contribution in [-0.4, -0.2) is 48.2 Å². The predicted molar refractivity (Wildman–Crippen MR) is 55.2 cm³/mol. The van der Waals surface area contributed by atoms with Crippen molar-refractivity contribution in [2.75, 3.05) is 26.2 Å². The molecule has 4 nitrogen and oxygen atoms in total. The fourth-order valence-electron chi connectivity index (χ4n) is 2.97. The largest absolute Gasteiger partial charge is 0.396 e. The third-order valence-electron chi connectivity index (χ3n) is 4.29. The number of hydrogen-bond donors (Lipinski definition) is 2. The zero-order valence-corrected chi connectivity index (χ0v) is 8.91. The number of piperidine rings is 1. The highest BCUT2D eigenvalue weighted by Crippen LogP contribution is 2.41. The molecular formula is C11H18N2O2. The first kappa shape index (κ1) is 9.60. The van der Waals surface area contributed by atoms with Gasteiger partial charge in [0.05, 0.1) is 5.41 Å². The Hall–Kier alpha value is -0.610. The second kappa shape index (κ2) is 3.19. The van der Waals surface area contributed by atoms with Crippen LogP contribution in [0, 0.1) is 11.3 Å². The molecule has 1 amide bonds. The first-order chi connectivity index (χ1) is 7.23. The summed E-state index contributed by atoms with van der Waals surface area (Å²) in [6.07, 6.45) is 3.01. The van der Waals surface area contributed by atoms with Crippen LogP contribution in [-0.2, 0) is 4.79 Å². The summed E-state index contributed by atoms with van der Waals surface area (Å²) in [6, 6.07) is 0.256. The molecule has 3 fully saturated rings. The van der Waals surface area contributed by atoms with Gasteiger partial charge < -0.3 is 15.3 Å². The molecule has 1 aliphatic carbocycles. The van der Waals surface area contributed by atoms with E-state index in [1.54, 1.807) is 0 Å². The lowest BCUT2D eigenvalue weighted by Gasteiger charge is -2.23. The van der Waals surface area contributed by atoms with Gasteiger partial charge in [-0.1, -0.05) is 0 Å². The van der Waals surface area contributed by atoms with Gasteiger partial charge in [0.1, 0.15) is 0 Å². The number of carbonyl (C=O) groups is 1. The maximum atomic E-state index is 12.1. The van der Waals surface area contributed by atoms with Crippen LogP contribution in [0.25, 0.3) is 0 Å². The number of nitrogens with one attached hydrogen (secondary N) is 1. The molecule has 4 heteroatoms. The lowest BCUT2D eigenvalue weighted by atomic mass is 9.83. The van der Waals surface area contributed by atoms with Crippen LogP contribution in [0.3, 0.4) is 0 Å². The summed E-state index contributed by atoms with van der Waals surface area (Å²) in [6.45, 7) is 3.34. The van der Waals surface area contributed by atoms with Crippen molar-refractivity contribution in [2.45, 2.75) is 25.3 Å². The fraction of sp³-hybridized carbons (Fsp3) is 0.909. The number of carbonyl (C=O) groups excluding carboxylic acids is 1. The topological polar surface area (TPSA) is 52.6 Å². The number of fused-ring (bicyclic) bond motifs is 2. The highest BCUT2D eigenvalue weighted by atomic mass is 16.3. The van der Waals surface area contributed by atoms with Crippen molar-refractivity contribution in [3.8, 4) is 0 Å². The normalized spacial score (nSPS) is 46.9. The Morgan fingerprint density at radius 1 is 1.47 bits per heavy atom. The number of nitrogens with zero attached hydrogens (tertiary/aromatic N) is 1. The molecule has 2 heterocycles. The molecule has 0 aromatic rings. The number of amides is 1. The Morgan fingerprint density at radius 3 is 2.67 bits per heavy atom. The molecule has 0 unspecified atom stereocenters. The molecule has 2 N–H and O–H groups in total. The Morgan fingerprint density at radius 2 is 2.20 bits per heavy atom. The van der Waals surface area contributed by atoms with E-state index in [4.69, 9.17) is 5.11 Å². The standard InChI is InChI=1S/C11H18N2O2/c14-6-8-5-9(8)12-10(15)11-1-3-13(7-11)4-2-11/h8-9,14H,1-7H2,(H,12,15)/t8-,9+/m0/s1. The van der Waals surface area contributed by atoms with Gasteiger partial charge in [-0.25, -0.2) is 0 Å². The van der Waals surface area contributed by atoms with Crippen molar-refractivity contribution >= 4 is 5.91 Å². The van der Waals surface area contributed by atoms with Gasteiger partial charge in [0.2, 0.25) is 5.91 Å². The summed E-state index contributed by atoms with van der Waals surface area (Å²) in [4.78, 5) is 14.5. The quantitative estimate of drug-likeness (QED) is 0.665. The monoisotopic (exact) mass is 210 g/mol. The van der Waals surface area contributed by atoms with E-state index < -0.39 is 0 Å². The molecule has 3 rings (SSSR count). The molecule has 0 radical (unpaired) electrons. The third kappa shape index (κ3) is 1.47. The van der Waals surface area contributed by atoms with Crippen LogP contribution in [0.15, 0.2) is 0 Å². The molecule has 1 saturated carbocycles. The molecule has 0 spiro atoms. The fourth-order valence-corrected chi connectivity index (χ4v) is 2.97. The molecule has 2 bridgehead atoms. The lowest BCUT2D eigenvalue weighted by molar-refractivity contribution is -0.130. The smallest absolute Gasteiger partial charge is 0.227 e. The van der Waals surface area contributed by atoms with Crippen LogP contribution >= 0.6 is 0 Å². The van der Waals surface area contributed by atoms with Crippen LogP contribution in [0.5, 0.6) is 0 Å². The van der Waals surface area contributed by atoms with Gasteiger partial charge in [0.25, 0.3) is 0 Å². The summed E-state index contributed by atoms with van der Waals surface area (Å²) < 4.78 is 0. The average molecular weight is 210 g/mol. The van der Waals surface area contributed by atoms with Gasteiger partial charge in [-0.3, -0.25) is 4.79 Å². The molecule has 2 atom stereocenters. The van der Waals surface area contributed by atoms with Crippen LogP contribution in [0.1, 0.15) is 19.3 Å². The number of hydrogen-bond acceptors (Lipinski definition) is 3. The minimum Gasteiger partial charge on any atom is -0.396 e. The number of aliphatic hydroxyl groups is 1. The van der Waals surface area contributed by atoms with Gasteiger partial charge >= 0.3 is 0 Å². The first-order valence-corrected chi connectivity index (χ1v) is 5.88. The van der Waals surface area contributed by atoms with Crippen molar-refractivity contribution in [1.82, 2.24) is 10.2 Å². The van der Waals surface area contributed by atoms with Gasteiger partial charge in [-0.2, -0.15) is 0 Å². The van der Waals surface area contributed by atoms with Crippen molar-refractivity contribution in [2.24, 2.45) is 11.3 Å². The van der Waals surface area contributed by atoms with Crippen molar-refractivity contribution in [3.05, 3.63) is 0 Å². The van der Waals surface area contributed by atoms with Gasteiger partial charge in [0, 0.05) is 25.1 Å². The van der Waals surface area contributed by atoms with E-state index in [0.29, 0.717) is 5.92 Å². The molecule has 2 aliphatic heterocycles. The number of aliphatic hydroxyl groups excluding tert-OH is 1. The molecule has 0 aromatic heterocycles. The minimum atomic E-state index is -0.0808. The SMILES string of the molecule is O=C(N[C@@H]1C[C@H]1CO)C12CCN(CC1)C2.